The van der Waals surface area contributed by atoms with Crippen LogP contribution >= 0.6 is 0 Å². The van der Waals surface area contributed by atoms with Gasteiger partial charge in [-0.05, 0) is 44.9 Å². The summed E-state index contributed by atoms with van der Waals surface area (Å²) in [6.07, 6.45) is 3.44. The summed E-state index contributed by atoms with van der Waals surface area (Å²) in [5, 5.41) is 7.18. The Labute approximate surface area is 147 Å². The van der Waals surface area contributed by atoms with E-state index in [4.69, 9.17) is 0 Å². The lowest BCUT2D eigenvalue weighted by Gasteiger charge is -2.37. The predicted molar refractivity (Wildman–Crippen MR) is 96.9 cm³/mol. The van der Waals surface area contributed by atoms with Crippen LogP contribution in [0.4, 0.5) is 5.82 Å². The summed E-state index contributed by atoms with van der Waals surface area (Å²) in [4.78, 5) is 27.1. The van der Waals surface area contributed by atoms with Crippen molar-refractivity contribution in [2.24, 2.45) is 0 Å². The molecule has 1 aromatic heterocycles. The average molecular weight is 340 g/mol. The van der Waals surface area contributed by atoms with Crippen molar-refractivity contribution >= 4 is 17.6 Å². The minimum Gasteiger partial charge on any atom is -0.352 e. The summed E-state index contributed by atoms with van der Waals surface area (Å²) >= 11 is 0. The van der Waals surface area contributed by atoms with Crippen LogP contribution < -0.4 is 10.2 Å². The summed E-state index contributed by atoms with van der Waals surface area (Å²) in [5.41, 5.74) is 1.02. The molecule has 1 aliphatic heterocycles. The number of hydrogen-bond donors (Lipinski definition) is 1. The van der Waals surface area contributed by atoms with Gasteiger partial charge in [0.2, 0.25) is 0 Å². The summed E-state index contributed by atoms with van der Waals surface area (Å²) in [6, 6.07) is 9.10. The number of fused-ring (bicyclic) bond motifs is 1. The van der Waals surface area contributed by atoms with Crippen LogP contribution in [0, 0.1) is 0 Å². The van der Waals surface area contributed by atoms with E-state index in [1.54, 1.807) is 35.4 Å². The van der Waals surface area contributed by atoms with Gasteiger partial charge in [0, 0.05) is 29.8 Å². The zero-order valence-electron chi connectivity index (χ0n) is 14.9. The van der Waals surface area contributed by atoms with Gasteiger partial charge in [-0.2, -0.15) is 5.10 Å². The van der Waals surface area contributed by atoms with Gasteiger partial charge in [-0.3, -0.25) is 14.5 Å². The van der Waals surface area contributed by atoms with Crippen molar-refractivity contribution in [1.29, 1.82) is 0 Å². The van der Waals surface area contributed by atoms with E-state index in [1.807, 2.05) is 24.6 Å². The van der Waals surface area contributed by atoms with E-state index in [2.05, 4.69) is 17.3 Å². The van der Waals surface area contributed by atoms with Crippen LogP contribution in [0.25, 0.3) is 0 Å². The van der Waals surface area contributed by atoms with Crippen molar-refractivity contribution in [3.8, 4) is 0 Å². The zero-order valence-corrected chi connectivity index (χ0v) is 14.9. The number of benzene rings is 1. The Morgan fingerprint density at radius 1 is 1.20 bits per heavy atom. The summed E-state index contributed by atoms with van der Waals surface area (Å²) in [6.45, 7) is 6.77. The molecule has 2 aromatic rings. The number of nitrogens with zero attached hydrogens (tertiary/aromatic N) is 3. The Morgan fingerprint density at radius 2 is 1.96 bits per heavy atom. The van der Waals surface area contributed by atoms with Crippen molar-refractivity contribution in [3.63, 3.8) is 0 Å². The molecule has 2 amide bonds. The van der Waals surface area contributed by atoms with Gasteiger partial charge in [-0.1, -0.05) is 13.0 Å². The summed E-state index contributed by atoms with van der Waals surface area (Å²) in [5.74, 6) is 0.547. The molecule has 0 saturated carbocycles. The standard InChI is InChI=1S/C19H24N4O2/c1-4-9-20-18(24)15-6-5-7-16(12-15)19(25)22-13(2)11-14(3)23-17(22)8-10-21-23/h5-8,10,12-14H,4,9,11H2,1-3H3,(H,20,24)/t13-,14-/m0/s1. The van der Waals surface area contributed by atoms with Crippen LogP contribution in [0.15, 0.2) is 36.5 Å². The van der Waals surface area contributed by atoms with Gasteiger partial charge < -0.3 is 5.32 Å². The Kier molecular flexibility index (Phi) is 4.88. The molecule has 2 atom stereocenters. The molecule has 6 nitrogen and oxygen atoms in total. The highest BCUT2D eigenvalue weighted by Crippen LogP contribution is 2.32. The van der Waals surface area contributed by atoms with Crippen molar-refractivity contribution < 1.29 is 9.59 Å². The normalized spacial score (nSPS) is 19.4. The van der Waals surface area contributed by atoms with Gasteiger partial charge in [-0.15, -0.1) is 0 Å². The van der Waals surface area contributed by atoms with Crippen LogP contribution in [0.5, 0.6) is 0 Å². The van der Waals surface area contributed by atoms with Crippen molar-refractivity contribution in [2.45, 2.75) is 45.7 Å². The Hall–Kier alpha value is -2.63. The molecular formula is C19H24N4O2. The molecule has 2 heterocycles. The maximum absolute atomic E-state index is 13.1. The smallest absolute Gasteiger partial charge is 0.259 e. The van der Waals surface area contributed by atoms with Crippen molar-refractivity contribution in [2.75, 3.05) is 11.4 Å². The van der Waals surface area contributed by atoms with E-state index in [0.29, 0.717) is 17.7 Å². The van der Waals surface area contributed by atoms with E-state index >= 15 is 0 Å². The molecule has 0 bridgehead atoms. The van der Waals surface area contributed by atoms with Gasteiger partial charge in [0.1, 0.15) is 5.82 Å². The lowest BCUT2D eigenvalue weighted by molar-refractivity contribution is 0.0953. The fourth-order valence-electron chi connectivity index (χ4n) is 3.34. The van der Waals surface area contributed by atoms with E-state index in [9.17, 15) is 9.59 Å². The average Bonchev–Trinajstić information content (AvgIpc) is 3.09. The van der Waals surface area contributed by atoms with E-state index in [0.717, 1.165) is 18.7 Å². The number of carbonyl (C=O) groups is 2. The third-order valence-electron chi connectivity index (χ3n) is 4.56. The van der Waals surface area contributed by atoms with E-state index in [1.165, 1.54) is 0 Å². The highest BCUT2D eigenvalue weighted by atomic mass is 16.2. The third-order valence-corrected chi connectivity index (χ3v) is 4.56. The molecule has 0 unspecified atom stereocenters. The highest BCUT2D eigenvalue weighted by molar-refractivity contribution is 6.07. The quantitative estimate of drug-likeness (QED) is 0.930. The Morgan fingerprint density at radius 3 is 2.72 bits per heavy atom. The molecule has 0 aliphatic carbocycles. The molecule has 0 spiro atoms. The maximum atomic E-state index is 13.1. The SMILES string of the molecule is CCCNC(=O)c1cccc(C(=O)N2c3ccnn3[C@@H](C)C[C@@H]2C)c1. The van der Waals surface area contributed by atoms with Gasteiger partial charge in [-0.25, -0.2) is 4.68 Å². The molecule has 0 radical (unpaired) electrons. The zero-order chi connectivity index (χ0) is 18.0. The molecule has 0 fully saturated rings. The lowest BCUT2D eigenvalue weighted by atomic mass is 10.0. The first-order chi connectivity index (χ1) is 12.0. The highest BCUT2D eigenvalue weighted by Gasteiger charge is 2.33. The lowest BCUT2D eigenvalue weighted by Crippen LogP contribution is -2.45. The molecule has 1 aromatic carbocycles. The largest absolute Gasteiger partial charge is 0.352 e. The molecule has 1 N–H and O–H groups in total. The molecular weight excluding hydrogens is 316 g/mol. The van der Waals surface area contributed by atoms with Crippen LogP contribution in [0.2, 0.25) is 0 Å². The summed E-state index contributed by atoms with van der Waals surface area (Å²) < 4.78 is 1.88. The second-order valence-corrected chi connectivity index (χ2v) is 6.58. The molecule has 25 heavy (non-hydrogen) atoms. The first-order valence-corrected chi connectivity index (χ1v) is 8.78. The minimum absolute atomic E-state index is 0.0734. The van der Waals surface area contributed by atoms with Gasteiger partial charge in [0.15, 0.2) is 0 Å². The maximum Gasteiger partial charge on any atom is 0.259 e. The van der Waals surface area contributed by atoms with E-state index in [-0.39, 0.29) is 23.9 Å². The van der Waals surface area contributed by atoms with Crippen LogP contribution in [-0.4, -0.2) is 34.2 Å². The van der Waals surface area contributed by atoms with Crippen LogP contribution in [0.3, 0.4) is 0 Å². The topological polar surface area (TPSA) is 67.2 Å². The fourth-order valence-corrected chi connectivity index (χ4v) is 3.34. The fraction of sp³-hybridized carbons (Fsp3) is 0.421. The Balaban J connectivity index is 1.89. The first kappa shape index (κ1) is 17.2. The Bertz CT molecular complexity index is 783. The number of carbonyl (C=O) groups excluding carboxylic acids is 2. The number of hydrogen-bond acceptors (Lipinski definition) is 3. The molecule has 1 aliphatic rings. The minimum atomic E-state index is -0.151. The molecule has 3 rings (SSSR count). The van der Waals surface area contributed by atoms with Gasteiger partial charge in [0.05, 0.1) is 12.2 Å². The third kappa shape index (κ3) is 3.29. The summed E-state index contributed by atoms with van der Waals surface area (Å²) in [7, 11) is 0. The first-order valence-electron chi connectivity index (χ1n) is 8.78. The van der Waals surface area contributed by atoms with E-state index < -0.39 is 0 Å². The van der Waals surface area contributed by atoms with Crippen molar-refractivity contribution in [1.82, 2.24) is 15.1 Å². The second kappa shape index (κ2) is 7.09. The second-order valence-electron chi connectivity index (χ2n) is 6.58. The number of anilines is 1. The number of amides is 2. The van der Waals surface area contributed by atoms with Crippen molar-refractivity contribution in [3.05, 3.63) is 47.7 Å². The van der Waals surface area contributed by atoms with Gasteiger partial charge >= 0.3 is 0 Å². The van der Waals surface area contributed by atoms with Crippen LogP contribution in [0.1, 0.15) is 60.4 Å². The number of rotatable bonds is 4. The monoisotopic (exact) mass is 340 g/mol. The van der Waals surface area contributed by atoms with Gasteiger partial charge in [0.25, 0.3) is 11.8 Å². The predicted octanol–water partition coefficient (Wildman–Crippen LogP) is 3.02. The number of nitrogens with one attached hydrogen (secondary N) is 1. The molecule has 0 saturated heterocycles. The molecule has 6 heteroatoms. The van der Waals surface area contributed by atoms with Crippen LogP contribution in [-0.2, 0) is 0 Å². The molecule has 132 valence electrons. The number of aromatic nitrogens is 2.